The first-order chi connectivity index (χ1) is 15.2. The lowest BCUT2D eigenvalue weighted by molar-refractivity contribution is -0.149. The fourth-order valence-corrected chi connectivity index (χ4v) is 3.18. The molecule has 0 aliphatic rings. The SMILES string of the molecule is CCOC(=O)C(C#Cc1ccccc1F)(NC(=O)OC(C)(C)C)c1c[nH]c2ccccc12. The van der Waals surface area contributed by atoms with E-state index in [0.29, 0.717) is 10.9 Å². The maximum Gasteiger partial charge on any atom is 0.409 e. The van der Waals surface area contributed by atoms with Crippen molar-refractivity contribution in [2.45, 2.75) is 38.8 Å². The third-order valence-electron chi connectivity index (χ3n) is 4.52. The molecule has 0 aliphatic carbocycles. The molecule has 1 aromatic heterocycles. The number of nitrogens with one attached hydrogen (secondary N) is 2. The number of H-pyrrole nitrogens is 1. The molecule has 1 amide bonds. The number of rotatable bonds is 4. The molecule has 0 saturated carbocycles. The van der Waals surface area contributed by atoms with Gasteiger partial charge in [0, 0.05) is 22.7 Å². The quantitative estimate of drug-likeness (QED) is 0.461. The molecule has 0 spiro atoms. The Morgan fingerprint density at radius 2 is 1.78 bits per heavy atom. The van der Waals surface area contributed by atoms with Gasteiger partial charge in [-0.1, -0.05) is 42.2 Å². The van der Waals surface area contributed by atoms with Crippen LogP contribution in [-0.4, -0.2) is 29.3 Å². The van der Waals surface area contributed by atoms with Crippen molar-refractivity contribution in [3.05, 3.63) is 71.7 Å². The fourth-order valence-electron chi connectivity index (χ4n) is 3.18. The maximum absolute atomic E-state index is 14.3. The molecule has 0 fully saturated rings. The first-order valence-electron chi connectivity index (χ1n) is 10.2. The number of aromatic nitrogens is 1. The highest BCUT2D eigenvalue weighted by Crippen LogP contribution is 2.31. The number of hydrogen-bond acceptors (Lipinski definition) is 4. The minimum atomic E-state index is -1.94. The van der Waals surface area contributed by atoms with Crippen molar-refractivity contribution in [3.8, 4) is 11.8 Å². The maximum atomic E-state index is 14.3. The summed E-state index contributed by atoms with van der Waals surface area (Å²) in [5.41, 5.74) is -1.59. The summed E-state index contributed by atoms with van der Waals surface area (Å²) in [6, 6.07) is 13.2. The topological polar surface area (TPSA) is 80.4 Å². The van der Waals surface area contributed by atoms with Crippen molar-refractivity contribution >= 4 is 23.0 Å². The normalized spacial score (nSPS) is 12.9. The van der Waals surface area contributed by atoms with Gasteiger partial charge in [0.1, 0.15) is 11.4 Å². The van der Waals surface area contributed by atoms with Gasteiger partial charge in [0.25, 0.3) is 0 Å². The fraction of sp³-hybridized carbons (Fsp3) is 0.280. The van der Waals surface area contributed by atoms with Gasteiger partial charge in [0.2, 0.25) is 5.54 Å². The molecule has 0 radical (unpaired) electrons. The van der Waals surface area contributed by atoms with Crippen LogP contribution in [0.15, 0.2) is 54.7 Å². The van der Waals surface area contributed by atoms with E-state index >= 15 is 0 Å². The summed E-state index contributed by atoms with van der Waals surface area (Å²) in [6.45, 7) is 6.82. The lowest BCUT2D eigenvalue weighted by Crippen LogP contribution is -2.53. The molecule has 1 unspecified atom stereocenters. The average molecular weight is 436 g/mol. The average Bonchev–Trinajstić information content (AvgIpc) is 3.15. The van der Waals surface area contributed by atoms with Crippen LogP contribution in [0, 0.1) is 17.7 Å². The second kappa shape index (κ2) is 9.15. The highest BCUT2D eigenvalue weighted by Gasteiger charge is 2.45. The van der Waals surface area contributed by atoms with Crippen LogP contribution in [0.2, 0.25) is 0 Å². The Morgan fingerprint density at radius 1 is 1.09 bits per heavy atom. The number of para-hydroxylation sites is 1. The van der Waals surface area contributed by atoms with Crippen LogP contribution >= 0.6 is 0 Å². The summed E-state index contributed by atoms with van der Waals surface area (Å²) in [7, 11) is 0. The Bertz CT molecular complexity index is 1200. The zero-order chi connectivity index (χ0) is 23.4. The molecule has 166 valence electrons. The number of alkyl carbamates (subject to hydrolysis) is 1. The molecule has 3 aromatic rings. The van der Waals surface area contributed by atoms with Crippen LogP contribution in [0.4, 0.5) is 9.18 Å². The molecule has 1 heterocycles. The number of aromatic amines is 1. The predicted molar refractivity (Wildman–Crippen MR) is 119 cm³/mol. The van der Waals surface area contributed by atoms with Crippen molar-refractivity contribution < 1.29 is 23.5 Å². The summed E-state index contributed by atoms with van der Waals surface area (Å²) in [4.78, 5) is 29.2. The summed E-state index contributed by atoms with van der Waals surface area (Å²) >= 11 is 0. The van der Waals surface area contributed by atoms with Crippen LogP contribution < -0.4 is 5.32 Å². The van der Waals surface area contributed by atoms with Gasteiger partial charge in [0.05, 0.1) is 12.2 Å². The Labute approximate surface area is 186 Å². The van der Waals surface area contributed by atoms with Crippen molar-refractivity contribution in [2.24, 2.45) is 0 Å². The molecule has 0 saturated heterocycles. The molecule has 0 bridgehead atoms. The number of fused-ring (bicyclic) bond motifs is 1. The third-order valence-corrected chi connectivity index (χ3v) is 4.52. The summed E-state index contributed by atoms with van der Waals surface area (Å²) in [5, 5.41) is 3.26. The number of hydrogen-bond donors (Lipinski definition) is 2. The standard InChI is InChI=1S/C25H25FN2O4/c1-5-31-22(29)25(28-23(30)32-24(2,3)4,15-14-17-10-6-8-12-20(17)26)19-16-27-21-13-9-7-11-18(19)21/h6-13,16,27H,5H2,1-4H3,(H,28,30). The van der Waals surface area contributed by atoms with E-state index in [1.54, 1.807) is 52.1 Å². The molecular weight excluding hydrogens is 411 g/mol. The van der Waals surface area contributed by atoms with Gasteiger partial charge in [-0.2, -0.15) is 0 Å². The zero-order valence-electron chi connectivity index (χ0n) is 18.4. The lowest BCUT2D eigenvalue weighted by atomic mass is 9.89. The molecule has 0 aliphatic heterocycles. The van der Waals surface area contributed by atoms with E-state index in [9.17, 15) is 14.0 Å². The van der Waals surface area contributed by atoms with Gasteiger partial charge in [-0.15, -0.1) is 0 Å². The van der Waals surface area contributed by atoms with Crippen LogP contribution in [0.1, 0.15) is 38.8 Å². The van der Waals surface area contributed by atoms with Gasteiger partial charge >= 0.3 is 12.1 Å². The van der Waals surface area contributed by atoms with Crippen molar-refractivity contribution in [3.63, 3.8) is 0 Å². The van der Waals surface area contributed by atoms with Crippen LogP contribution in [0.3, 0.4) is 0 Å². The van der Waals surface area contributed by atoms with Gasteiger partial charge < -0.3 is 14.5 Å². The van der Waals surface area contributed by atoms with E-state index in [1.807, 2.05) is 12.1 Å². The minimum absolute atomic E-state index is 0.0559. The number of ether oxygens (including phenoxy) is 2. The van der Waals surface area contributed by atoms with Crippen molar-refractivity contribution in [1.29, 1.82) is 0 Å². The van der Waals surface area contributed by atoms with Gasteiger partial charge in [-0.3, -0.25) is 5.32 Å². The van der Waals surface area contributed by atoms with E-state index in [2.05, 4.69) is 22.1 Å². The van der Waals surface area contributed by atoms with E-state index in [0.717, 1.165) is 5.52 Å². The molecule has 3 rings (SSSR count). The van der Waals surface area contributed by atoms with E-state index in [4.69, 9.17) is 9.47 Å². The monoisotopic (exact) mass is 436 g/mol. The van der Waals surface area contributed by atoms with Crippen molar-refractivity contribution in [1.82, 2.24) is 10.3 Å². The molecule has 2 N–H and O–H groups in total. The molecule has 1 atom stereocenters. The van der Waals surface area contributed by atoms with Gasteiger partial charge in [0.15, 0.2) is 0 Å². The molecule has 2 aromatic carbocycles. The second-order valence-corrected chi connectivity index (χ2v) is 8.08. The summed E-state index contributed by atoms with van der Waals surface area (Å²) in [6.07, 6.45) is 0.716. The van der Waals surface area contributed by atoms with Crippen LogP contribution in [0.25, 0.3) is 10.9 Å². The summed E-state index contributed by atoms with van der Waals surface area (Å²) < 4.78 is 25.0. The van der Waals surface area contributed by atoms with Crippen LogP contribution in [0.5, 0.6) is 0 Å². The molecule has 32 heavy (non-hydrogen) atoms. The third kappa shape index (κ3) is 4.92. The molecule has 6 nitrogen and oxygen atoms in total. The smallest absolute Gasteiger partial charge is 0.409 e. The first-order valence-corrected chi connectivity index (χ1v) is 10.2. The van der Waals surface area contributed by atoms with E-state index in [-0.39, 0.29) is 12.2 Å². The summed E-state index contributed by atoms with van der Waals surface area (Å²) in [5.74, 6) is 4.14. The largest absolute Gasteiger partial charge is 0.463 e. The highest BCUT2D eigenvalue weighted by molar-refractivity contribution is 5.97. The lowest BCUT2D eigenvalue weighted by Gasteiger charge is -2.29. The second-order valence-electron chi connectivity index (χ2n) is 8.08. The number of carbonyl (C=O) groups excluding carboxylic acids is 2. The Morgan fingerprint density at radius 3 is 2.47 bits per heavy atom. The van der Waals surface area contributed by atoms with Gasteiger partial charge in [-0.05, 0) is 45.9 Å². The number of halogens is 1. The number of esters is 1. The van der Waals surface area contributed by atoms with E-state index < -0.39 is 29.0 Å². The molecule has 7 heteroatoms. The number of carbonyl (C=O) groups is 2. The minimum Gasteiger partial charge on any atom is -0.463 e. The Kier molecular flexibility index (Phi) is 6.54. The Hall–Kier alpha value is -3.79. The van der Waals surface area contributed by atoms with E-state index in [1.165, 1.54) is 18.2 Å². The van der Waals surface area contributed by atoms with Crippen LogP contribution in [-0.2, 0) is 19.8 Å². The van der Waals surface area contributed by atoms with Gasteiger partial charge in [-0.25, -0.2) is 14.0 Å². The zero-order valence-corrected chi connectivity index (χ0v) is 18.4. The van der Waals surface area contributed by atoms with Crippen molar-refractivity contribution in [2.75, 3.05) is 6.61 Å². The Balaban J connectivity index is 2.24. The predicted octanol–water partition coefficient (Wildman–Crippen LogP) is 4.64. The molecular formula is C25H25FN2O4. The highest BCUT2D eigenvalue weighted by atomic mass is 19.1. The number of benzene rings is 2. The first kappa shape index (κ1) is 22.9. The number of amides is 1.